The molecular formula is C21H30N4O3. The summed E-state index contributed by atoms with van der Waals surface area (Å²) in [6, 6.07) is 3.15. The Morgan fingerprint density at radius 1 is 1.29 bits per heavy atom. The highest BCUT2D eigenvalue weighted by molar-refractivity contribution is 6.09. The Bertz CT molecular complexity index is 739. The van der Waals surface area contributed by atoms with Crippen LogP contribution in [0.15, 0.2) is 24.5 Å². The molecule has 1 saturated heterocycles. The van der Waals surface area contributed by atoms with E-state index in [1.54, 1.807) is 24.5 Å². The molecule has 3 rings (SSSR count). The Morgan fingerprint density at radius 3 is 2.54 bits per heavy atom. The molecule has 0 atom stereocenters. The summed E-state index contributed by atoms with van der Waals surface area (Å²) in [5.74, 6) is -0.0620. The van der Waals surface area contributed by atoms with Crippen LogP contribution in [-0.2, 0) is 16.1 Å². The van der Waals surface area contributed by atoms with Crippen LogP contribution in [0.2, 0.25) is 0 Å². The van der Waals surface area contributed by atoms with E-state index in [9.17, 15) is 14.4 Å². The monoisotopic (exact) mass is 386 g/mol. The minimum atomic E-state index is -0.831. The van der Waals surface area contributed by atoms with Crippen LogP contribution in [0, 0.1) is 11.3 Å². The van der Waals surface area contributed by atoms with E-state index in [-0.39, 0.29) is 23.8 Å². The standard InChI is InChI=1S/C21H30N4O3/c1-4-20(2,3)16-5-9-21(10-6-16)18(27)25(19(28)24-21)14-17(26)23-13-15-7-11-22-12-8-15/h7-8,11-12,16H,4-6,9-10,13-14H2,1-3H3,(H,23,26)(H,24,28). The van der Waals surface area contributed by atoms with Gasteiger partial charge in [0.2, 0.25) is 5.91 Å². The molecule has 2 N–H and O–H groups in total. The number of hydrogen-bond donors (Lipinski definition) is 2. The topological polar surface area (TPSA) is 91.4 Å². The van der Waals surface area contributed by atoms with E-state index in [1.807, 2.05) is 0 Å². The average molecular weight is 386 g/mol. The first-order valence-electron chi connectivity index (χ1n) is 10.1. The van der Waals surface area contributed by atoms with Gasteiger partial charge in [0.15, 0.2) is 0 Å². The summed E-state index contributed by atoms with van der Waals surface area (Å²) < 4.78 is 0. The van der Waals surface area contributed by atoms with Gasteiger partial charge in [-0.3, -0.25) is 19.5 Å². The van der Waals surface area contributed by atoms with Crippen molar-refractivity contribution in [2.45, 2.75) is 65.0 Å². The van der Waals surface area contributed by atoms with Gasteiger partial charge in [-0.25, -0.2) is 4.79 Å². The third-order valence-electron chi connectivity index (χ3n) is 6.64. The van der Waals surface area contributed by atoms with E-state index < -0.39 is 11.6 Å². The van der Waals surface area contributed by atoms with Crippen LogP contribution in [-0.4, -0.2) is 39.8 Å². The fourth-order valence-electron chi connectivity index (χ4n) is 4.24. The van der Waals surface area contributed by atoms with Gasteiger partial charge in [-0.2, -0.15) is 0 Å². The second-order valence-corrected chi connectivity index (χ2v) is 8.65. The Balaban J connectivity index is 1.57. The SMILES string of the molecule is CCC(C)(C)C1CCC2(CC1)NC(=O)N(CC(=O)NCc1ccncc1)C2=O. The van der Waals surface area contributed by atoms with Crippen molar-refractivity contribution < 1.29 is 14.4 Å². The maximum absolute atomic E-state index is 13.0. The van der Waals surface area contributed by atoms with Crippen molar-refractivity contribution in [2.75, 3.05) is 6.54 Å². The fraction of sp³-hybridized carbons (Fsp3) is 0.619. The Hall–Kier alpha value is -2.44. The van der Waals surface area contributed by atoms with Gasteiger partial charge in [0, 0.05) is 18.9 Å². The molecule has 28 heavy (non-hydrogen) atoms. The van der Waals surface area contributed by atoms with Gasteiger partial charge in [-0.15, -0.1) is 0 Å². The van der Waals surface area contributed by atoms with Gasteiger partial charge in [0.25, 0.3) is 5.91 Å². The van der Waals surface area contributed by atoms with Crippen molar-refractivity contribution in [1.82, 2.24) is 20.5 Å². The lowest BCUT2D eigenvalue weighted by Gasteiger charge is -2.42. The molecule has 7 heteroatoms. The molecule has 2 heterocycles. The lowest BCUT2D eigenvalue weighted by atomic mass is 9.65. The van der Waals surface area contributed by atoms with Crippen LogP contribution in [0.25, 0.3) is 0 Å². The summed E-state index contributed by atoms with van der Waals surface area (Å²) in [6.45, 7) is 6.82. The second kappa shape index (κ2) is 7.89. The number of carbonyl (C=O) groups excluding carboxylic acids is 3. The Morgan fingerprint density at radius 2 is 1.93 bits per heavy atom. The molecule has 7 nitrogen and oxygen atoms in total. The van der Waals surface area contributed by atoms with Crippen LogP contribution in [0.5, 0.6) is 0 Å². The fourth-order valence-corrected chi connectivity index (χ4v) is 4.24. The molecule has 1 saturated carbocycles. The van der Waals surface area contributed by atoms with Gasteiger partial charge in [-0.05, 0) is 54.7 Å². The largest absolute Gasteiger partial charge is 0.350 e. The van der Waals surface area contributed by atoms with Gasteiger partial charge in [-0.1, -0.05) is 27.2 Å². The molecule has 1 aliphatic heterocycles. The van der Waals surface area contributed by atoms with E-state index >= 15 is 0 Å². The Kier molecular flexibility index (Phi) is 5.72. The van der Waals surface area contributed by atoms with Crippen molar-refractivity contribution in [2.24, 2.45) is 11.3 Å². The lowest BCUT2D eigenvalue weighted by Crippen LogP contribution is -2.51. The maximum Gasteiger partial charge on any atom is 0.325 e. The number of imide groups is 1. The lowest BCUT2D eigenvalue weighted by molar-refractivity contribution is -0.136. The van der Waals surface area contributed by atoms with Crippen LogP contribution in [0.4, 0.5) is 4.79 Å². The summed E-state index contributed by atoms with van der Waals surface area (Å²) in [5, 5.41) is 5.64. The van der Waals surface area contributed by atoms with E-state index in [2.05, 4.69) is 36.4 Å². The number of urea groups is 1. The third-order valence-corrected chi connectivity index (χ3v) is 6.64. The van der Waals surface area contributed by atoms with Crippen LogP contribution < -0.4 is 10.6 Å². The normalized spacial score (nSPS) is 25.1. The predicted molar refractivity (Wildman–Crippen MR) is 105 cm³/mol. The molecule has 1 aromatic rings. The molecule has 0 bridgehead atoms. The highest BCUT2D eigenvalue weighted by Gasteiger charge is 2.53. The number of nitrogens with one attached hydrogen (secondary N) is 2. The highest BCUT2D eigenvalue weighted by Crippen LogP contribution is 2.45. The van der Waals surface area contributed by atoms with E-state index in [0.29, 0.717) is 25.3 Å². The van der Waals surface area contributed by atoms with Crippen LogP contribution >= 0.6 is 0 Å². The molecule has 1 aliphatic carbocycles. The number of amides is 4. The molecule has 0 radical (unpaired) electrons. The summed E-state index contributed by atoms with van der Waals surface area (Å²) >= 11 is 0. The first kappa shape index (κ1) is 20.3. The molecule has 1 aromatic heterocycles. The molecular weight excluding hydrogens is 356 g/mol. The zero-order chi connectivity index (χ0) is 20.4. The first-order chi connectivity index (χ1) is 13.3. The zero-order valence-electron chi connectivity index (χ0n) is 17.0. The van der Waals surface area contributed by atoms with Gasteiger partial charge < -0.3 is 10.6 Å². The average Bonchev–Trinajstić information content (AvgIpc) is 2.91. The smallest absolute Gasteiger partial charge is 0.325 e. The van der Waals surface area contributed by atoms with E-state index in [4.69, 9.17) is 0 Å². The van der Waals surface area contributed by atoms with Crippen molar-refractivity contribution >= 4 is 17.8 Å². The quantitative estimate of drug-likeness (QED) is 0.735. The van der Waals surface area contributed by atoms with Crippen molar-refractivity contribution in [3.05, 3.63) is 30.1 Å². The van der Waals surface area contributed by atoms with Gasteiger partial charge >= 0.3 is 6.03 Å². The second-order valence-electron chi connectivity index (χ2n) is 8.65. The summed E-state index contributed by atoms with van der Waals surface area (Å²) in [5.41, 5.74) is 0.316. The number of carbonyl (C=O) groups is 3. The zero-order valence-corrected chi connectivity index (χ0v) is 17.0. The van der Waals surface area contributed by atoms with Crippen LogP contribution in [0.1, 0.15) is 58.4 Å². The van der Waals surface area contributed by atoms with Crippen molar-refractivity contribution in [1.29, 1.82) is 0 Å². The number of aromatic nitrogens is 1. The predicted octanol–water partition coefficient (Wildman–Crippen LogP) is 2.61. The maximum atomic E-state index is 13.0. The molecule has 2 fully saturated rings. The summed E-state index contributed by atoms with van der Waals surface area (Å²) in [7, 11) is 0. The molecule has 0 aromatic carbocycles. The summed E-state index contributed by atoms with van der Waals surface area (Å²) in [4.78, 5) is 42.6. The first-order valence-corrected chi connectivity index (χ1v) is 10.1. The Labute approximate surface area is 166 Å². The molecule has 0 unspecified atom stereocenters. The molecule has 152 valence electrons. The number of rotatable bonds is 6. The van der Waals surface area contributed by atoms with Crippen molar-refractivity contribution in [3.63, 3.8) is 0 Å². The molecule has 2 aliphatic rings. The van der Waals surface area contributed by atoms with Crippen molar-refractivity contribution in [3.8, 4) is 0 Å². The van der Waals surface area contributed by atoms with E-state index in [1.165, 1.54) is 0 Å². The van der Waals surface area contributed by atoms with Gasteiger partial charge in [0.05, 0.1) is 0 Å². The highest BCUT2D eigenvalue weighted by atomic mass is 16.2. The number of nitrogens with zero attached hydrogens (tertiary/aromatic N) is 2. The number of hydrogen-bond acceptors (Lipinski definition) is 4. The van der Waals surface area contributed by atoms with Crippen LogP contribution in [0.3, 0.4) is 0 Å². The number of pyridine rings is 1. The minimum absolute atomic E-state index is 0.236. The minimum Gasteiger partial charge on any atom is -0.350 e. The summed E-state index contributed by atoms with van der Waals surface area (Å²) in [6.07, 6.45) is 7.50. The van der Waals surface area contributed by atoms with Gasteiger partial charge in [0.1, 0.15) is 12.1 Å². The molecule has 4 amide bonds. The molecule has 1 spiro atoms. The van der Waals surface area contributed by atoms with E-state index in [0.717, 1.165) is 29.7 Å². The third kappa shape index (κ3) is 4.03.